The summed E-state index contributed by atoms with van der Waals surface area (Å²) < 4.78 is 42.7. The molecule has 128 valence electrons. The first-order valence-electron chi connectivity index (χ1n) is 6.91. The third kappa shape index (κ3) is 3.70. The van der Waals surface area contributed by atoms with Crippen molar-refractivity contribution in [3.8, 4) is 11.5 Å². The summed E-state index contributed by atoms with van der Waals surface area (Å²) in [7, 11) is -4.25. The minimum absolute atomic E-state index is 0.145. The average molecular weight is 362 g/mol. The Morgan fingerprint density at radius 3 is 2.64 bits per heavy atom. The predicted molar refractivity (Wildman–Crippen MR) is 83.9 cm³/mol. The molecule has 0 saturated heterocycles. The van der Waals surface area contributed by atoms with Gasteiger partial charge in [0.1, 0.15) is 10.7 Å². The normalized spacial score (nSPS) is 11.2. The second-order valence-electron chi connectivity index (χ2n) is 4.81. The quantitative estimate of drug-likeness (QED) is 0.665. The van der Waals surface area contributed by atoms with Gasteiger partial charge in [-0.1, -0.05) is 18.2 Å². The SMILES string of the molecule is O=C(NNS(=O)(=O)c1ccccc1F)c1cccc(-c2nnco2)c1. The number of benzene rings is 2. The van der Waals surface area contributed by atoms with Gasteiger partial charge in [-0.15, -0.1) is 15.0 Å². The average Bonchev–Trinajstić information content (AvgIpc) is 3.15. The molecule has 0 radical (unpaired) electrons. The number of halogens is 1. The zero-order valence-corrected chi connectivity index (χ0v) is 13.3. The summed E-state index contributed by atoms with van der Waals surface area (Å²) in [4.78, 5) is 13.4. The Balaban J connectivity index is 1.75. The molecule has 0 atom stereocenters. The number of hydrazine groups is 1. The van der Waals surface area contributed by atoms with E-state index in [0.717, 1.165) is 18.5 Å². The molecule has 0 aliphatic rings. The fourth-order valence-electron chi connectivity index (χ4n) is 2.00. The van der Waals surface area contributed by atoms with Crippen LogP contribution in [0.1, 0.15) is 10.4 Å². The highest BCUT2D eigenvalue weighted by atomic mass is 32.2. The van der Waals surface area contributed by atoms with Crippen molar-refractivity contribution in [1.82, 2.24) is 20.5 Å². The number of carbonyl (C=O) groups excluding carboxylic acids is 1. The van der Waals surface area contributed by atoms with E-state index in [4.69, 9.17) is 4.42 Å². The lowest BCUT2D eigenvalue weighted by Crippen LogP contribution is -2.41. The smallest absolute Gasteiger partial charge is 0.266 e. The van der Waals surface area contributed by atoms with Gasteiger partial charge in [-0.25, -0.2) is 12.8 Å². The van der Waals surface area contributed by atoms with E-state index in [1.54, 1.807) is 12.1 Å². The Morgan fingerprint density at radius 1 is 1.12 bits per heavy atom. The van der Waals surface area contributed by atoms with Crippen LogP contribution >= 0.6 is 0 Å². The van der Waals surface area contributed by atoms with E-state index >= 15 is 0 Å². The van der Waals surface area contributed by atoms with Crippen LogP contribution in [0.5, 0.6) is 0 Å². The van der Waals surface area contributed by atoms with E-state index in [2.05, 4.69) is 10.2 Å². The summed E-state index contributed by atoms with van der Waals surface area (Å²) in [5, 5.41) is 7.26. The summed E-state index contributed by atoms with van der Waals surface area (Å²) in [6.45, 7) is 0. The summed E-state index contributed by atoms with van der Waals surface area (Å²) in [5.41, 5.74) is 2.66. The van der Waals surface area contributed by atoms with Crippen LogP contribution in [0, 0.1) is 5.82 Å². The van der Waals surface area contributed by atoms with Crippen LogP contribution in [0.2, 0.25) is 0 Å². The van der Waals surface area contributed by atoms with Gasteiger partial charge < -0.3 is 4.42 Å². The predicted octanol–water partition coefficient (Wildman–Crippen LogP) is 1.50. The minimum atomic E-state index is -4.25. The number of sulfonamides is 1. The largest absolute Gasteiger partial charge is 0.423 e. The summed E-state index contributed by atoms with van der Waals surface area (Å²) in [6, 6.07) is 10.9. The van der Waals surface area contributed by atoms with Crippen LogP contribution in [-0.4, -0.2) is 24.5 Å². The summed E-state index contributed by atoms with van der Waals surface area (Å²) in [5.74, 6) is -1.45. The maximum atomic E-state index is 13.6. The number of amides is 1. The van der Waals surface area contributed by atoms with Gasteiger partial charge in [0.25, 0.3) is 15.9 Å². The number of hydrogen-bond donors (Lipinski definition) is 2. The van der Waals surface area contributed by atoms with Gasteiger partial charge >= 0.3 is 0 Å². The highest BCUT2D eigenvalue weighted by Gasteiger charge is 2.19. The van der Waals surface area contributed by atoms with Crippen molar-refractivity contribution >= 4 is 15.9 Å². The molecule has 0 fully saturated rings. The molecule has 2 N–H and O–H groups in total. The fraction of sp³-hybridized carbons (Fsp3) is 0. The maximum Gasteiger partial charge on any atom is 0.266 e. The second-order valence-corrected chi connectivity index (χ2v) is 6.47. The first kappa shape index (κ1) is 16.7. The molecule has 1 aromatic heterocycles. The zero-order chi connectivity index (χ0) is 17.9. The number of rotatable bonds is 5. The van der Waals surface area contributed by atoms with Crippen molar-refractivity contribution in [3.05, 3.63) is 66.3 Å². The van der Waals surface area contributed by atoms with Crippen molar-refractivity contribution in [3.63, 3.8) is 0 Å². The Labute approximate surface area is 141 Å². The maximum absolute atomic E-state index is 13.6. The molecule has 10 heteroatoms. The van der Waals surface area contributed by atoms with Gasteiger partial charge in [-0.05, 0) is 30.3 Å². The van der Waals surface area contributed by atoms with Gasteiger partial charge in [-0.2, -0.15) is 0 Å². The van der Waals surface area contributed by atoms with Crippen molar-refractivity contribution < 1.29 is 22.0 Å². The van der Waals surface area contributed by atoms with Crippen molar-refractivity contribution in [1.29, 1.82) is 0 Å². The standard InChI is InChI=1S/C15H11FN4O4S/c16-12-6-1-2-7-13(12)25(22,23)20-18-14(21)10-4-3-5-11(8-10)15-19-17-9-24-15/h1-9,20H,(H,18,21). The van der Waals surface area contributed by atoms with Gasteiger partial charge in [0.15, 0.2) is 0 Å². The van der Waals surface area contributed by atoms with Crippen LogP contribution in [0.4, 0.5) is 4.39 Å². The molecule has 1 heterocycles. The number of nitrogens with one attached hydrogen (secondary N) is 2. The van der Waals surface area contributed by atoms with Gasteiger partial charge in [0, 0.05) is 11.1 Å². The summed E-state index contributed by atoms with van der Waals surface area (Å²) in [6.07, 6.45) is 1.14. The molecule has 0 saturated carbocycles. The zero-order valence-electron chi connectivity index (χ0n) is 12.5. The summed E-state index contributed by atoms with van der Waals surface area (Å²) >= 11 is 0. The highest BCUT2D eigenvalue weighted by Crippen LogP contribution is 2.17. The molecule has 8 nitrogen and oxygen atoms in total. The molecule has 3 aromatic rings. The van der Waals surface area contributed by atoms with E-state index in [9.17, 15) is 17.6 Å². The Kier molecular flexibility index (Phi) is 4.55. The first-order valence-corrected chi connectivity index (χ1v) is 8.39. The molecule has 1 amide bonds. The van der Waals surface area contributed by atoms with Gasteiger partial charge in [0.05, 0.1) is 0 Å². The lowest BCUT2D eigenvalue weighted by molar-refractivity contribution is 0.0945. The Hall–Kier alpha value is -3.11. The van der Waals surface area contributed by atoms with E-state index in [-0.39, 0.29) is 11.5 Å². The first-order chi connectivity index (χ1) is 12.0. The lowest BCUT2D eigenvalue weighted by Gasteiger charge is -2.09. The number of nitrogens with zero attached hydrogens (tertiary/aromatic N) is 2. The monoisotopic (exact) mass is 362 g/mol. The molecule has 0 bridgehead atoms. The van der Waals surface area contributed by atoms with Crippen LogP contribution in [0.25, 0.3) is 11.5 Å². The molecular weight excluding hydrogens is 351 g/mol. The van der Waals surface area contributed by atoms with E-state index in [1.807, 2.05) is 10.3 Å². The molecule has 0 aliphatic carbocycles. The van der Waals surface area contributed by atoms with Crippen molar-refractivity contribution in [2.75, 3.05) is 0 Å². The fourth-order valence-corrected chi connectivity index (χ4v) is 2.92. The van der Waals surface area contributed by atoms with Gasteiger partial charge in [0.2, 0.25) is 12.3 Å². The lowest BCUT2D eigenvalue weighted by atomic mass is 10.1. The van der Waals surface area contributed by atoms with Crippen LogP contribution in [-0.2, 0) is 10.0 Å². The number of aromatic nitrogens is 2. The van der Waals surface area contributed by atoms with E-state index < -0.39 is 26.6 Å². The second kappa shape index (κ2) is 6.79. The minimum Gasteiger partial charge on any atom is -0.423 e. The third-order valence-electron chi connectivity index (χ3n) is 3.16. The van der Waals surface area contributed by atoms with Crippen LogP contribution in [0.15, 0.2) is 64.2 Å². The topological polar surface area (TPSA) is 114 Å². The van der Waals surface area contributed by atoms with Gasteiger partial charge in [-0.3, -0.25) is 10.2 Å². The molecule has 2 aromatic carbocycles. The molecule has 0 aliphatic heterocycles. The van der Waals surface area contributed by atoms with E-state index in [0.29, 0.717) is 5.56 Å². The molecule has 0 unspecified atom stereocenters. The van der Waals surface area contributed by atoms with Crippen molar-refractivity contribution in [2.45, 2.75) is 4.90 Å². The van der Waals surface area contributed by atoms with E-state index in [1.165, 1.54) is 24.3 Å². The third-order valence-corrected chi connectivity index (χ3v) is 4.44. The van der Waals surface area contributed by atoms with Crippen LogP contribution < -0.4 is 10.3 Å². The molecule has 0 spiro atoms. The molecule has 3 rings (SSSR count). The Morgan fingerprint density at radius 2 is 1.92 bits per heavy atom. The molecular formula is C15H11FN4O4S. The van der Waals surface area contributed by atoms with Crippen LogP contribution in [0.3, 0.4) is 0 Å². The molecule has 25 heavy (non-hydrogen) atoms. The highest BCUT2D eigenvalue weighted by molar-refractivity contribution is 7.89. The number of carbonyl (C=O) groups is 1. The Bertz CT molecular complexity index is 1010. The number of hydrogen-bond acceptors (Lipinski definition) is 6. The van der Waals surface area contributed by atoms with Crippen molar-refractivity contribution in [2.24, 2.45) is 0 Å².